The summed E-state index contributed by atoms with van der Waals surface area (Å²) < 4.78 is 0. The Kier molecular flexibility index (Phi) is 3.72. The molecule has 1 saturated heterocycles. The lowest BCUT2D eigenvalue weighted by molar-refractivity contribution is 0.394. The lowest BCUT2D eigenvalue weighted by atomic mass is 9.95. The predicted molar refractivity (Wildman–Crippen MR) is 65.4 cm³/mol. The molecular weight excluding hydrogens is 200 g/mol. The molecule has 1 aliphatic rings. The van der Waals surface area contributed by atoms with Gasteiger partial charge in [0.25, 0.3) is 0 Å². The first-order valence-corrected chi connectivity index (χ1v) is 6.04. The summed E-state index contributed by atoms with van der Waals surface area (Å²) in [4.78, 5) is 11.1. The standard InChI is InChI=1S/C12H20N4/c1-10-12(15-7-6-14-10)16-8-2-3-11(9-16)4-5-13/h6-7,11H,2-5,8-9,13H2,1H3. The Morgan fingerprint density at radius 3 is 3.00 bits per heavy atom. The summed E-state index contributed by atoms with van der Waals surface area (Å²) in [5.41, 5.74) is 6.65. The third-order valence-corrected chi connectivity index (χ3v) is 3.25. The summed E-state index contributed by atoms with van der Waals surface area (Å²) in [6, 6.07) is 0. The number of nitrogens with zero attached hydrogens (tertiary/aromatic N) is 3. The van der Waals surface area contributed by atoms with Gasteiger partial charge >= 0.3 is 0 Å². The Balaban J connectivity index is 2.07. The Hall–Kier alpha value is -1.16. The molecule has 88 valence electrons. The highest BCUT2D eigenvalue weighted by Gasteiger charge is 2.21. The second-order valence-electron chi connectivity index (χ2n) is 4.50. The minimum Gasteiger partial charge on any atom is -0.355 e. The van der Waals surface area contributed by atoms with Crippen LogP contribution in [0.25, 0.3) is 0 Å². The van der Waals surface area contributed by atoms with E-state index in [1.54, 1.807) is 12.4 Å². The normalized spacial score (nSPS) is 21.1. The van der Waals surface area contributed by atoms with Gasteiger partial charge in [0, 0.05) is 25.5 Å². The molecule has 16 heavy (non-hydrogen) atoms. The summed E-state index contributed by atoms with van der Waals surface area (Å²) in [6.07, 6.45) is 7.18. The number of rotatable bonds is 3. The van der Waals surface area contributed by atoms with Crippen LogP contribution in [0.4, 0.5) is 5.82 Å². The molecule has 0 radical (unpaired) electrons. The Labute approximate surface area is 96.9 Å². The molecule has 1 aliphatic heterocycles. The molecular formula is C12H20N4. The highest BCUT2D eigenvalue weighted by molar-refractivity contribution is 5.42. The second kappa shape index (κ2) is 5.25. The van der Waals surface area contributed by atoms with Crippen LogP contribution < -0.4 is 10.6 Å². The molecule has 0 bridgehead atoms. The zero-order valence-electron chi connectivity index (χ0n) is 9.89. The average Bonchev–Trinajstić information content (AvgIpc) is 2.30. The van der Waals surface area contributed by atoms with E-state index in [9.17, 15) is 0 Å². The number of hydrogen-bond acceptors (Lipinski definition) is 4. The fourth-order valence-electron chi connectivity index (χ4n) is 2.44. The summed E-state index contributed by atoms with van der Waals surface area (Å²) in [5.74, 6) is 1.77. The third-order valence-electron chi connectivity index (χ3n) is 3.25. The Bertz CT molecular complexity index is 338. The van der Waals surface area contributed by atoms with Gasteiger partial charge in [-0.15, -0.1) is 0 Å². The van der Waals surface area contributed by atoms with Crippen LogP contribution in [0.3, 0.4) is 0 Å². The zero-order valence-corrected chi connectivity index (χ0v) is 9.89. The molecule has 1 atom stereocenters. The van der Waals surface area contributed by atoms with E-state index in [0.29, 0.717) is 0 Å². The van der Waals surface area contributed by atoms with Gasteiger partial charge in [0.2, 0.25) is 0 Å². The summed E-state index contributed by atoms with van der Waals surface area (Å²) in [6.45, 7) is 4.99. The highest BCUT2D eigenvalue weighted by atomic mass is 15.2. The lowest BCUT2D eigenvalue weighted by Gasteiger charge is -2.33. The summed E-state index contributed by atoms with van der Waals surface area (Å²) in [7, 11) is 0. The lowest BCUT2D eigenvalue weighted by Crippen LogP contribution is -2.37. The number of aryl methyl sites for hydroxylation is 1. The minimum atomic E-state index is 0.722. The van der Waals surface area contributed by atoms with Crippen molar-refractivity contribution in [2.24, 2.45) is 11.7 Å². The smallest absolute Gasteiger partial charge is 0.150 e. The van der Waals surface area contributed by atoms with E-state index in [2.05, 4.69) is 14.9 Å². The van der Waals surface area contributed by atoms with Crippen molar-refractivity contribution in [3.8, 4) is 0 Å². The molecule has 4 nitrogen and oxygen atoms in total. The maximum absolute atomic E-state index is 5.63. The van der Waals surface area contributed by atoms with E-state index in [-0.39, 0.29) is 0 Å². The van der Waals surface area contributed by atoms with E-state index in [4.69, 9.17) is 5.73 Å². The average molecular weight is 220 g/mol. The fourth-order valence-corrected chi connectivity index (χ4v) is 2.44. The Morgan fingerprint density at radius 1 is 1.44 bits per heavy atom. The molecule has 0 spiro atoms. The van der Waals surface area contributed by atoms with Crippen LogP contribution in [0.5, 0.6) is 0 Å². The van der Waals surface area contributed by atoms with Crippen molar-refractivity contribution in [3.05, 3.63) is 18.1 Å². The van der Waals surface area contributed by atoms with Crippen LogP contribution in [0.15, 0.2) is 12.4 Å². The van der Waals surface area contributed by atoms with E-state index < -0.39 is 0 Å². The second-order valence-corrected chi connectivity index (χ2v) is 4.50. The van der Waals surface area contributed by atoms with Gasteiger partial charge < -0.3 is 10.6 Å². The molecule has 0 saturated carbocycles. The van der Waals surface area contributed by atoms with Crippen molar-refractivity contribution < 1.29 is 0 Å². The molecule has 2 rings (SSSR count). The van der Waals surface area contributed by atoms with Crippen molar-refractivity contribution in [3.63, 3.8) is 0 Å². The monoisotopic (exact) mass is 220 g/mol. The van der Waals surface area contributed by atoms with Crippen LogP contribution in [0.2, 0.25) is 0 Å². The number of anilines is 1. The fraction of sp³-hybridized carbons (Fsp3) is 0.667. The van der Waals surface area contributed by atoms with Crippen molar-refractivity contribution >= 4 is 5.82 Å². The Morgan fingerprint density at radius 2 is 2.25 bits per heavy atom. The first-order valence-electron chi connectivity index (χ1n) is 6.04. The van der Waals surface area contributed by atoms with Gasteiger partial charge in [-0.3, -0.25) is 4.98 Å². The number of hydrogen-bond donors (Lipinski definition) is 1. The predicted octanol–water partition coefficient (Wildman–Crippen LogP) is 1.35. The molecule has 1 fully saturated rings. The summed E-state index contributed by atoms with van der Waals surface area (Å²) in [5, 5.41) is 0. The van der Waals surface area contributed by atoms with Gasteiger partial charge in [-0.2, -0.15) is 0 Å². The van der Waals surface area contributed by atoms with Crippen molar-refractivity contribution in [2.75, 3.05) is 24.5 Å². The number of aromatic nitrogens is 2. The maximum atomic E-state index is 5.63. The molecule has 4 heteroatoms. The van der Waals surface area contributed by atoms with E-state index in [1.165, 1.54) is 12.8 Å². The molecule has 1 aromatic rings. The van der Waals surface area contributed by atoms with Crippen LogP contribution in [0, 0.1) is 12.8 Å². The molecule has 1 unspecified atom stereocenters. The van der Waals surface area contributed by atoms with Crippen LogP contribution in [-0.2, 0) is 0 Å². The molecule has 0 aliphatic carbocycles. The van der Waals surface area contributed by atoms with Crippen molar-refractivity contribution in [1.29, 1.82) is 0 Å². The van der Waals surface area contributed by atoms with Gasteiger partial charge in [-0.25, -0.2) is 4.98 Å². The molecule has 2 N–H and O–H groups in total. The largest absolute Gasteiger partial charge is 0.355 e. The van der Waals surface area contributed by atoms with Crippen LogP contribution >= 0.6 is 0 Å². The highest BCUT2D eigenvalue weighted by Crippen LogP contribution is 2.24. The number of nitrogens with two attached hydrogens (primary N) is 1. The quantitative estimate of drug-likeness (QED) is 0.835. The summed E-state index contributed by atoms with van der Waals surface area (Å²) >= 11 is 0. The van der Waals surface area contributed by atoms with Crippen molar-refractivity contribution in [2.45, 2.75) is 26.2 Å². The van der Waals surface area contributed by atoms with E-state index >= 15 is 0 Å². The topological polar surface area (TPSA) is 55.0 Å². The van der Waals surface area contributed by atoms with Crippen molar-refractivity contribution in [1.82, 2.24) is 9.97 Å². The number of piperidine rings is 1. The molecule has 0 aromatic carbocycles. The zero-order chi connectivity index (χ0) is 11.4. The minimum absolute atomic E-state index is 0.722. The van der Waals surface area contributed by atoms with Gasteiger partial charge in [-0.05, 0) is 38.6 Å². The molecule has 1 aromatic heterocycles. The van der Waals surface area contributed by atoms with Crippen LogP contribution in [-0.4, -0.2) is 29.6 Å². The first kappa shape index (κ1) is 11.3. The van der Waals surface area contributed by atoms with Gasteiger partial charge in [0.15, 0.2) is 0 Å². The molecule has 2 heterocycles. The van der Waals surface area contributed by atoms with Gasteiger partial charge in [0.1, 0.15) is 5.82 Å². The van der Waals surface area contributed by atoms with E-state index in [0.717, 1.165) is 43.5 Å². The first-order chi connectivity index (χ1) is 7.81. The molecule has 0 amide bonds. The van der Waals surface area contributed by atoms with Gasteiger partial charge in [-0.1, -0.05) is 0 Å². The van der Waals surface area contributed by atoms with Gasteiger partial charge in [0.05, 0.1) is 5.69 Å². The SMILES string of the molecule is Cc1nccnc1N1CCCC(CCN)C1. The van der Waals surface area contributed by atoms with E-state index in [1.807, 2.05) is 6.92 Å². The van der Waals surface area contributed by atoms with Crippen LogP contribution in [0.1, 0.15) is 25.0 Å². The maximum Gasteiger partial charge on any atom is 0.150 e. The third kappa shape index (κ3) is 2.50.